The van der Waals surface area contributed by atoms with E-state index in [1.54, 1.807) is 0 Å². The first-order chi connectivity index (χ1) is 8.23. The van der Waals surface area contributed by atoms with Gasteiger partial charge in [0.15, 0.2) is 5.78 Å². The summed E-state index contributed by atoms with van der Waals surface area (Å²) in [7, 11) is 0. The van der Waals surface area contributed by atoms with Crippen molar-refractivity contribution in [3.8, 4) is 0 Å². The second-order valence-electron chi connectivity index (χ2n) is 5.84. The van der Waals surface area contributed by atoms with E-state index in [0.29, 0.717) is 5.78 Å². The molecule has 2 heteroatoms. The topological polar surface area (TPSA) is 20.3 Å². The number of rotatable bonds is 6. The maximum absolute atomic E-state index is 12.7. The van der Waals surface area contributed by atoms with Crippen LogP contribution in [0.4, 0.5) is 0 Å². The van der Waals surface area contributed by atoms with Crippen LogP contribution in [0.1, 0.15) is 65.2 Å². The molecule has 0 aliphatic heterocycles. The molecule has 2 fully saturated rings. The summed E-state index contributed by atoms with van der Waals surface area (Å²) in [5.74, 6) is 1.28. The van der Waals surface area contributed by atoms with Crippen LogP contribution in [-0.4, -0.2) is 29.3 Å². The zero-order valence-electron chi connectivity index (χ0n) is 11.5. The molecule has 0 unspecified atom stereocenters. The molecule has 2 aliphatic carbocycles. The number of ketones is 1. The van der Waals surface area contributed by atoms with Crippen molar-refractivity contribution in [2.24, 2.45) is 5.92 Å². The molecule has 17 heavy (non-hydrogen) atoms. The van der Waals surface area contributed by atoms with Crippen molar-refractivity contribution in [1.29, 1.82) is 0 Å². The van der Waals surface area contributed by atoms with E-state index >= 15 is 0 Å². The zero-order chi connectivity index (χ0) is 12.3. The van der Waals surface area contributed by atoms with E-state index in [0.717, 1.165) is 38.3 Å². The summed E-state index contributed by atoms with van der Waals surface area (Å²) in [6.45, 7) is 6.43. The summed E-state index contributed by atoms with van der Waals surface area (Å²) in [6, 6.07) is 0. The first kappa shape index (κ1) is 13.1. The highest BCUT2D eigenvalue weighted by Crippen LogP contribution is 2.40. The van der Waals surface area contributed by atoms with E-state index in [2.05, 4.69) is 18.7 Å². The highest BCUT2D eigenvalue weighted by molar-refractivity contribution is 5.89. The highest BCUT2D eigenvalue weighted by atomic mass is 16.1. The van der Waals surface area contributed by atoms with Gasteiger partial charge in [0.25, 0.3) is 0 Å². The molecular formula is C15H27NO. The van der Waals surface area contributed by atoms with E-state index in [4.69, 9.17) is 0 Å². The Morgan fingerprint density at radius 1 is 1.12 bits per heavy atom. The number of hydrogen-bond acceptors (Lipinski definition) is 2. The summed E-state index contributed by atoms with van der Waals surface area (Å²) in [4.78, 5) is 15.1. The Labute approximate surface area is 106 Å². The molecule has 0 atom stereocenters. The molecule has 0 bridgehead atoms. The van der Waals surface area contributed by atoms with Crippen LogP contribution in [0.3, 0.4) is 0 Å². The highest BCUT2D eigenvalue weighted by Gasteiger charge is 2.45. The van der Waals surface area contributed by atoms with Crippen molar-refractivity contribution in [3.63, 3.8) is 0 Å². The van der Waals surface area contributed by atoms with Gasteiger partial charge >= 0.3 is 0 Å². The van der Waals surface area contributed by atoms with E-state index < -0.39 is 0 Å². The first-order valence-corrected chi connectivity index (χ1v) is 7.51. The van der Waals surface area contributed by atoms with Crippen molar-refractivity contribution in [2.45, 2.75) is 70.8 Å². The lowest BCUT2D eigenvalue weighted by Crippen LogP contribution is -2.53. The van der Waals surface area contributed by atoms with Gasteiger partial charge in [0.1, 0.15) is 0 Å². The van der Waals surface area contributed by atoms with Crippen molar-refractivity contribution in [1.82, 2.24) is 4.90 Å². The van der Waals surface area contributed by atoms with Gasteiger partial charge in [-0.1, -0.05) is 46.0 Å². The average molecular weight is 237 g/mol. The van der Waals surface area contributed by atoms with Gasteiger partial charge in [-0.3, -0.25) is 9.69 Å². The summed E-state index contributed by atoms with van der Waals surface area (Å²) in [5.41, 5.74) is -0.0703. The van der Waals surface area contributed by atoms with Gasteiger partial charge < -0.3 is 0 Å². The fraction of sp³-hybridized carbons (Fsp3) is 0.933. The second kappa shape index (κ2) is 5.51. The van der Waals surface area contributed by atoms with Crippen LogP contribution in [0, 0.1) is 5.92 Å². The minimum absolute atomic E-state index is 0.0703. The van der Waals surface area contributed by atoms with E-state index in [1.165, 1.54) is 32.1 Å². The van der Waals surface area contributed by atoms with Crippen molar-refractivity contribution in [3.05, 3.63) is 0 Å². The lowest BCUT2D eigenvalue weighted by molar-refractivity contribution is -0.132. The van der Waals surface area contributed by atoms with Crippen LogP contribution >= 0.6 is 0 Å². The van der Waals surface area contributed by atoms with Crippen LogP contribution in [0.2, 0.25) is 0 Å². The van der Waals surface area contributed by atoms with Crippen LogP contribution in [-0.2, 0) is 4.79 Å². The molecule has 98 valence electrons. The van der Waals surface area contributed by atoms with Crippen LogP contribution in [0.15, 0.2) is 0 Å². The lowest BCUT2D eigenvalue weighted by atomic mass is 9.77. The van der Waals surface area contributed by atoms with E-state index in [9.17, 15) is 4.79 Å². The third-order valence-corrected chi connectivity index (χ3v) is 5.02. The molecule has 2 aliphatic rings. The molecule has 0 aromatic carbocycles. The quantitative estimate of drug-likeness (QED) is 0.705. The monoisotopic (exact) mass is 237 g/mol. The molecule has 0 spiro atoms. The Morgan fingerprint density at radius 2 is 1.71 bits per heavy atom. The molecule has 0 radical (unpaired) electrons. The minimum atomic E-state index is -0.0703. The number of carbonyl (C=O) groups excluding carboxylic acids is 1. The molecule has 2 nitrogen and oxygen atoms in total. The summed E-state index contributed by atoms with van der Waals surface area (Å²) < 4.78 is 0. The summed E-state index contributed by atoms with van der Waals surface area (Å²) >= 11 is 0. The molecular weight excluding hydrogens is 210 g/mol. The fourth-order valence-corrected chi connectivity index (χ4v) is 3.71. The molecule has 0 saturated heterocycles. The maximum Gasteiger partial charge on any atom is 0.153 e. The number of likely N-dealkylation sites (N-methyl/N-ethyl adjacent to an activating group) is 1. The third-order valence-electron chi connectivity index (χ3n) is 5.02. The van der Waals surface area contributed by atoms with Crippen LogP contribution < -0.4 is 0 Å². The van der Waals surface area contributed by atoms with Gasteiger partial charge in [-0.15, -0.1) is 0 Å². The first-order valence-electron chi connectivity index (χ1n) is 7.51. The number of nitrogens with zero attached hydrogens (tertiary/aromatic N) is 1. The van der Waals surface area contributed by atoms with Crippen molar-refractivity contribution >= 4 is 5.78 Å². The van der Waals surface area contributed by atoms with Crippen LogP contribution in [0.5, 0.6) is 0 Å². The second-order valence-corrected chi connectivity index (χ2v) is 5.84. The number of Topliss-reactive ketones (excluding diaryl/α,β-unsaturated/α-hetero) is 1. The van der Waals surface area contributed by atoms with Gasteiger partial charge in [-0.2, -0.15) is 0 Å². The smallest absolute Gasteiger partial charge is 0.153 e. The predicted octanol–water partition coefficient (Wildman–Crippen LogP) is 3.40. The molecule has 2 saturated carbocycles. The van der Waals surface area contributed by atoms with Gasteiger partial charge in [0, 0.05) is 6.42 Å². The third kappa shape index (κ3) is 2.42. The van der Waals surface area contributed by atoms with E-state index in [1.807, 2.05) is 0 Å². The molecule has 0 aromatic heterocycles. The van der Waals surface area contributed by atoms with E-state index in [-0.39, 0.29) is 5.54 Å². The van der Waals surface area contributed by atoms with Crippen molar-refractivity contribution in [2.75, 3.05) is 13.1 Å². The number of carbonyl (C=O) groups is 1. The Kier molecular flexibility index (Phi) is 4.24. The average Bonchev–Trinajstić information content (AvgIpc) is 2.75. The zero-order valence-corrected chi connectivity index (χ0v) is 11.5. The molecule has 0 heterocycles. The fourth-order valence-electron chi connectivity index (χ4n) is 3.71. The largest absolute Gasteiger partial charge is 0.298 e. The molecule has 0 amide bonds. The number of hydrogen-bond donors (Lipinski definition) is 0. The summed E-state index contributed by atoms with van der Waals surface area (Å²) in [5, 5.41) is 0. The Hall–Kier alpha value is -0.370. The van der Waals surface area contributed by atoms with Crippen molar-refractivity contribution < 1.29 is 4.79 Å². The SMILES string of the molecule is CCN(CC)C1(C(=O)CC2CCC2)CCCC1. The summed E-state index contributed by atoms with van der Waals surface area (Å²) in [6.07, 6.45) is 9.49. The molecule has 0 N–H and O–H groups in total. The van der Waals surface area contributed by atoms with Crippen LogP contribution in [0.25, 0.3) is 0 Å². The minimum Gasteiger partial charge on any atom is -0.298 e. The van der Waals surface area contributed by atoms with Gasteiger partial charge in [-0.25, -0.2) is 0 Å². The Bertz CT molecular complexity index is 260. The predicted molar refractivity (Wildman–Crippen MR) is 71.1 cm³/mol. The lowest BCUT2D eigenvalue weighted by Gasteiger charge is -2.40. The molecule has 2 rings (SSSR count). The molecule has 0 aromatic rings. The normalized spacial score (nSPS) is 23.9. The Balaban J connectivity index is 2.06. The Morgan fingerprint density at radius 3 is 2.12 bits per heavy atom. The van der Waals surface area contributed by atoms with Gasteiger partial charge in [-0.05, 0) is 31.8 Å². The standard InChI is InChI=1S/C15H27NO/c1-3-16(4-2)15(10-5-6-11-15)14(17)12-13-8-7-9-13/h13H,3-12H2,1-2H3. The van der Waals surface area contributed by atoms with Gasteiger partial charge in [0.2, 0.25) is 0 Å². The maximum atomic E-state index is 12.7. The van der Waals surface area contributed by atoms with Gasteiger partial charge in [0.05, 0.1) is 5.54 Å².